The van der Waals surface area contributed by atoms with Gasteiger partial charge < -0.3 is 35.3 Å². The first kappa shape index (κ1) is 33.7. The minimum absolute atomic E-state index is 0.0386. The molecule has 0 aliphatic carbocycles. The van der Waals surface area contributed by atoms with Gasteiger partial charge in [-0.3, -0.25) is 0 Å². The van der Waals surface area contributed by atoms with Crippen LogP contribution in [0.25, 0.3) is 0 Å². The number of aromatic carboxylic acids is 1. The molecule has 44 heavy (non-hydrogen) atoms. The van der Waals surface area contributed by atoms with Crippen LogP contribution >= 0.6 is 0 Å². The number of ether oxygens (including phenoxy) is 3. The molecule has 1 heterocycles. The van der Waals surface area contributed by atoms with E-state index in [9.17, 15) is 22.8 Å². The number of alkyl carbamates (subject to hydrolysis) is 1. The van der Waals surface area contributed by atoms with Crippen LogP contribution in [0.15, 0.2) is 48.5 Å². The summed E-state index contributed by atoms with van der Waals surface area (Å²) in [6.45, 7) is 5.09. The van der Waals surface area contributed by atoms with E-state index in [2.05, 4.69) is 30.9 Å². The number of halogens is 3. The molecule has 0 fully saturated rings. The van der Waals surface area contributed by atoms with Gasteiger partial charge in [0.2, 0.25) is 11.9 Å². The van der Waals surface area contributed by atoms with E-state index in [0.717, 1.165) is 24.8 Å². The predicted molar refractivity (Wildman–Crippen MR) is 155 cm³/mol. The Hall–Kier alpha value is -4.82. The van der Waals surface area contributed by atoms with Crippen LogP contribution in [0.4, 0.5) is 35.5 Å². The SMILES string of the molecule is CC(C)(C)OC(=O)NCCCCCOc1ccc(CNc2nc(Nc3ccc(C(=O)O)cc3)nc(OCC(F)(F)F)n2)cc1. The highest BCUT2D eigenvalue weighted by molar-refractivity contribution is 5.88. The average molecular weight is 621 g/mol. The van der Waals surface area contributed by atoms with Crippen LogP contribution in [0.2, 0.25) is 0 Å². The Balaban J connectivity index is 1.49. The van der Waals surface area contributed by atoms with Crippen molar-refractivity contribution in [1.82, 2.24) is 20.3 Å². The molecular weight excluding hydrogens is 585 g/mol. The molecule has 4 N–H and O–H groups in total. The first-order valence-electron chi connectivity index (χ1n) is 13.7. The van der Waals surface area contributed by atoms with Crippen molar-refractivity contribution in [2.24, 2.45) is 0 Å². The first-order chi connectivity index (χ1) is 20.8. The lowest BCUT2D eigenvalue weighted by molar-refractivity contribution is -0.154. The molecule has 0 atom stereocenters. The monoisotopic (exact) mass is 620 g/mol. The third kappa shape index (κ3) is 13.0. The molecule has 12 nitrogen and oxygen atoms in total. The lowest BCUT2D eigenvalue weighted by Gasteiger charge is -2.19. The van der Waals surface area contributed by atoms with Crippen LogP contribution in [0.1, 0.15) is 56.0 Å². The van der Waals surface area contributed by atoms with Crippen molar-refractivity contribution in [3.63, 3.8) is 0 Å². The van der Waals surface area contributed by atoms with Crippen molar-refractivity contribution in [3.05, 3.63) is 59.7 Å². The average Bonchev–Trinajstić information content (AvgIpc) is 2.94. The Bertz CT molecular complexity index is 1370. The maximum atomic E-state index is 12.7. The van der Waals surface area contributed by atoms with Crippen molar-refractivity contribution >= 4 is 29.6 Å². The van der Waals surface area contributed by atoms with Gasteiger partial charge in [0.15, 0.2) is 6.61 Å². The molecule has 2 aromatic carbocycles. The molecular formula is C29H35F3N6O6. The second-order valence-electron chi connectivity index (χ2n) is 10.5. The number of carboxylic acid groups (broad SMARTS) is 1. The van der Waals surface area contributed by atoms with Crippen molar-refractivity contribution in [2.75, 3.05) is 30.4 Å². The number of rotatable bonds is 15. The standard InChI is InChI=1S/C29H35F3N6O6/c1-28(2,3)44-27(41)33-15-5-4-6-16-42-22-13-7-19(8-14-22)17-34-24-36-25(38-26(37-24)43-18-29(30,31)32)35-21-11-9-20(10-12-21)23(39)40/h7-14H,4-6,15-18H2,1-3H3,(H,33,41)(H,39,40)(H2,34,35,36,37,38). The van der Waals surface area contributed by atoms with Crippen LogP contribution in [-0.2, 0) is 11.3 Å². The Morgan fingerprint density at radius 3 is 2.18 bits per heavy atom. The van der Waals surface area contributed by atoms with Crippen LogP contribution in [0, 0.1) is 0 Å². The molecule has 0 bridgehead atoms. The van der Waals surface area contributed by atoms with Crippen LogP contribution in [-0.4, -0.2) is 63.7 Å². The molecule has 3 aromatic rings. The molecule has 1 aromatic heterocycles. The van der Waals surface area contributed by atoms with Gasteiger partial charge in [-0.05, 0) is 82.0 Å². The smallest absolute Gasteiger partial charge is 0.422 e. The number of carbonyl (C=O) groups is 2. The third-order valence-corrected chi connectivity index (χ3v) is 5.50. The fourth-order valence-corrected chi connectivity index (χ4v) is 3.51. The minimum atomic E-state index is -4.59. The number of hydrogen-bond donors (Lipinski definition) is 4. The van der Waals surface area contributed by atoms with Crippen molar-refractivity contribution in [2.45, 2.75) is 58.4 Å². The second kappa shape index (κ2) is 15.6. The molecule has 0 spiro atoms. The Morgan fingerprint density at radius 1 is 0.864 bits per heavy atom. The van der Waals surface area contributed by atoms with Crippen molar-refractivity contribution in [3.8, 4) is 11.8 Å². The molecule has 0 unspecified atom stereocenters. The molecule has 15 heteroatoms. The molecule has 0 aliphatic rings. The topological polar surface area (TPSA) is 157 Å². The van der Waals surface area contributed by atoms with E-state index in [-0.39, 0.29) is 24.0 Å². The van der Waals surface area contributed by atoms with E-state index < -0.39 is 36.5 Å². The summed E-state index contributed by atoms with van der Waals surface area (Å²) in [6, 6.07) is 12.3. The number of amides is 1. The summed E-state index contributed by atoms with van der Waals surface area (Å²) in [5, 5.41) is 17.5. The van der Waals surface area contributed by atoms with E-state index in [1.165, 1.54) is 24.3 Å². The Kier molecular flexibility index (Phi) is 11.9. The molecule has 0 radical (unpaired) electrons. The van der Waals surface area contributed by atoms with Gasteiger partial charge in [-0.2, -0.15) is 28.1 Å². The van der Waals surface area contributed by atoms with E-state index in [4.69, 9.17) is 19.3 Å². The summed E-state index contributed by atoms with van der Waals surface area (Å²) in [6.07, 6.45) is -2.57. The highest BCUT2D eigenvalue weighted by Crippen LogP contribution is 2.21. The normalized spacial score (nSPS) is 11.4. The molecule has 0 aliphatic heterocycles. The summed E-state index contributed by atoms with van der Waals surface area (Å²) in [7, 11) is 0. The van der Waals surface area contributed by atoms with E-state index in [1.807, 2.05) is 32.9 Å². The van der Waals surface area contributed by atoms with E-state index in [0.29, 0.717) is 24.6 Å². The van der Waals surface area contributed by atoms with Gasteiger partial charge in [0.1, 0.15) is 11.4 Å². The molecule has 238 valence electrons. The van der Waals surface area contributed by atoms with Crippen molar-refractivity contribution in [1.29, 1.82) is 0 Å². The van der Waals surface area contributed by atoms with Crippen molar-refractivity contribution < 1.29 is 42.1 Å². The highest BCUT2D eigenvalue weighted by Gasteiger charge is 2.29. The van der Waals surface area contributed by atoms with Gasteiger partial charge in [-0.1, -0.05) is 12.1 Å². The maximum absolute atomic E-state index is 12.7. The zero-order valence-electron chi connectivity index (χ0n) is 24.5. The van der Waals surface area contributed by atoms with Gasteiger partial charge in [0, 0.05) is 18.8 Å². The fourth-order valence-electron chi connectivity index (χ4n) is 3.51. The van der Waals surface area contributed by atoms with Gasteiger partial charge in [0.05, 0.1) is 12.2 Å². The van der Waals surface area contributed by atoms with Gasteiger partial charge >= 0.3 is 24.2 Å². The third-order valence-electron chi connectivity index (χ3n) is 5.50. The molecule has 0 saturated heterocycles. The molecule has 3 rings (SSSR count). The van der Waals surface area contributed by atoms with Crippen LogP contribution in [0.5, 0.6) is 11.8 Å². The van der Waals surface area contributed by atoms with Gasteiger partial charge in [-0.15, -0.1) is 0 Å². The predicted octanol–water partition coefficient (Wildman–Crippen LogP) is 5.94. The Labute approximate surface area is 252 Å². The summed E-state index contributed by atoms with van der Waals surface area (Å²) in [4.78, 5) is 34.7. The first-order valence-corrected chi connectivity index (χ1v) is 13.7. The van der Waals surface area contributed by atoms with Crippen LogP contribution < -0.4 is 25.4 Å². The highest BCUT2D eigenvalue weighted by atomic mass is 19.4. The number of hydrogen-bond acceptors (Lipinski definition) is 10. The Morgan fingerprint density at radius 2 is 1.55 bits per heavy atom. The number of carbonyl (C=O) groups excluding carboxylic acids is 1. The quantitative estimate of drug-likeness (QED) is 0.149. The summed E-state index contributed by atoms with van der Waals surface area (Å²) in [5.74, 6) is -0.577. The number of anilines is 3. The number of nitrogens with one attached hydrogen (secondary N) is 3. The summed E-state index contributed by atoms with van der Waals surface area (Å²) in [5.41, 5.74) is 0.754. The zero-order valence-corrected chi connectivity index (χ0v) is 24.5. The lowest BCUT2D eigenvalue weighted by Crippen LogP contribution is -2.33. The summed E-state index contributed by atoms with van der Waals surface area (Å²) >= 11 is 0. The number of benzene rings is 2. The van der Waals surface area contributed by atoms with E-state index >= 15 is 0 Å². The number of nitrogens with zero attached hydrogens (tertiary/aromatic N) is 3. The lowest BCUT2D eigenvalue weighted by atomic mass is 10.2. The molecule has 1 amide bonds. The summed E-state index contributed by atoms with van der Waals surface area (Å²) < 4.78 is 53.8. The number of unbranched alkanes of at least 4 members (excludes halogenated alkanes) is 2. The second-order valence-corrected chi connectivity index (χ2v) is 10.5. The minimum Gasteiger partial charge on any atom is -0.494 e. The van der Waals surface area contributed by atoms with Gasteiger partial charge in [-0.25, -0.2) is 9.59 Å². The van der Waals surface area contributed by atoms with Crippen LogP contribution in [0.3, 0.4) is 0 Å². The number of alkyl halides is 3. The fraction of sp³-hybridized carbons (Fsp3) is 0.414. The largest absolute Gasteiger partial charge is 0.494 e. The van der Waals surface area contributed by atoms with E-state index in [1.54, 1.807) is 12.1 Å². The number of aromatic nitrogens is 3. The zero-order chi connectivity index (χ0) is 32.2. The molecule has 0 saturated carbocycles. The van der Waals surface area contributed by atoms with Gasteiger partial charge in [0.25, 0.3) is 0 Å². The maximum Gasteiger partial charge on any atom is 0.422 e. The number of carboxylic acids is 1.